The van der Waals surface area contributed by atoms with Crippen LogP contribution >= 0.6 is 8.16 Å². The van der Waals surface area contributed by atoms with E-state index in [1.165, 1.54) is 19.3 Å². The summed E-state index contributed by atoms with van der Waals surface area (Å²) in [5.74, 6) is 0. The zero-order valence-corrected chi connectivity index (χ0v) is 15.5. The number of nitrogens with zero attached hydrogens (tertiary/aromatic N) is 6. The van der Waals surface area contributed by atoms with Crippen molar-refractivity contribution in [3.05, 3.63) is 23.5 Å². The van der Waals surface area contributed by atoms with Gasteiger partial charge in [0, 0.05) is 19.3 Å². The molecule has 0 spiro atoms. The van der Waals surface area contributed by atoms with Crippen molar-refractivity contribution < 1.29 is 30.5 Å². The van der Waals surface area contributed by atoms with Crippen LogP contribution in [0.2, 0.25) is 0 Å². The molecule has 0 radical (unpaired) electrons. The third-order valence-electron chi connectivity index (χ3n) is 3.76. The molecule has 0 N–H and O–H groups in total. The average molecular weight is 421 g/mol. The van der Waals surface area contributed by atoms with Crippen LogP contribution in [0, 0.1) is 5.21 Å². The predicted octanol–water partition coefficient (Wildman–Crippen LogP) is 0.535. The minimum absolute atomic E-state index is 0. The van der Waals surface area contributed by atoms with Crippen LogP contribution in [0.15, 0.2) is 18.3 Å². The minimum Gasteiger partial charge on any atom is -1.00 e. The molecule has 3 rings (SSSR count). The number of pyridine rings is 1. The van der Waals surface area contributed by atoms with Gasteiger partial charge in [-0.3, -0.25) is 4.90 Å². The molecule has 1 aliphatic rings. The Morgan fingerprint density at radius 2 is 1.70 bits per heavy atom. The molecule has 0 aromatic carbocycles. The van der Waals surface area contributed by atoms with Crippen LogP contribution in [-0.2, 0) is 0 Å². The maximum atomic E-state index is 11.9. The van der Waals surface area contributed by atoms with E-state index in [9.17, 15) is 26.2 Å². The topological polar surface area (TPSA) is 64.1 Å². The van der Waals surface area contributed by atoms with Crippen LogP contribution in [0.4, 0.5) is 21.0 Å². The first-order chi connectivity index (χ1) is 11.9. The van der Waals surface area contributed by atoms with Gasteiger partial charge in [-0.05, 0) is 39.1 Å². The van der Waals surface area contributed by atoms with E-state index < -0.39 is 8.16 Å². The molecule has 2 aromatic heterocycles. The second-order valence-electron chi connectivity index (χ2n) is 6.10. The summed E-state index contributed by atoms with van der Waals surface area (Å²) >= 11 is 0. The van der Waals surface area contributed by atoms with E-state index in [0.717, 1.165) is 13.1 Å². The molecule has 1 unspecified atom stereocenters. The van der Waals surface area contributed by atoms with Gasteiger partial charge in [0.15, 0.2) is 0 Å². The van der Waals surface area contributed by atoms with Gasteiger partial charge in [-0.2, -0.15) is 0 Å². The molecule has 1 fully saturated rings. The summed E-state index contributed by atoms with van der Waals surface area (Å²) in [5.41, 5.74) is 1.14. The van der Waals surface area contributed by atoms with Crippen molar-refractivity contribution in [3.63, 3.8) is 0 Å². The first-order valence-electron chi connectivity index (χ1n) is 7.86. The third-order valence-corrected chi connectivity index (χ3v) is 3.76. The van der Waals surface area contributed by atoms with Crippen molar-refractivity contribution in [3.8, 4) is 0 Å². The Balaban J connectivity index is 0.000000456. The van der Waals surface area contributed by atoms with Gasteiger partial charge in [-0.25, -0.2) is 9.88 Å². The molecule has 0 bridgehead atoms. The fourth-order valence-corrected chi connectivity index (χ4v) is 2.90. The van der Waals surface area contributed by atoms with E-state index >= 15 is 0 Å². The van der Waals surface area contributed by atoms with Crippen molar-refractivity contribution in [2.45, 2.75) is 25.6 Å². The SMILES string of the molecule is CN(C)C(N1CCCCC1)n1n[n+]([O-])c2cccnc21.FP(F)(F)(F)F.[F-]. The molecule has 156 valence electrons. The first kappa shape index (κ1) is 23.3. The largest absolute Gasteiger partial charge is 1.00 e. The Bertz CT molecular complexity index is 729. The standard InChI is InChI=1S/C13H20N6O.F5P.FH/c1-16(2)13(17-9-4-3-5-10-17)18-12-11(19(20)15-18)7-6-8-14-12;1-6(2,3,4)5;/h6-8,13H,3-5,9-10H2,1-2H3;;1H/p-1. The summed E-state index contributed by atoms with van der Waals surface area (Å²) in [6.45, 7) is 2.05. The summed E-state index contributed by atoms with van der Waals surface area (Å²) in [6, 6.07) is 3.51. The molecular weight excluding hydrogens is 401 g/mol. The van der Waals surface area contributed by atoms with Gasteiger partial charge in [0.25, 0.3) is 5.65 Å². The number of halogens is 6. The van der Waals surface area contributed by atoms with Gasteiger partial charge >= 0.3 is 29.1 Å². The van der Waals surface area contributed by atoms with E-state index in [4.69, 9.17) is 0 Å². The van der Waals surface area contributed by atoms with Crippen LogP contribution in [0.25, 0.3) is 11.2 Å². The van der Waals surface area contributed by atoms with E-state index in [-0.39, 0.29) is 11.0 Å². The molecule has 7 nitrogen and oxygen atoms in total. The first-order valence-corrected chi connectivity index (χ1v) is 9.55. The summed E-state index contributed by atoms with van der Waals surface area (Å²) in [6.07, 6.45) is 5.28. The maximum Gasteiger partial charge on any atom is -1.00 e. The molecule has 0 aliphatic carbocycles. The molecule has 0 saturated carbocycles. The Morgan fingerprint density at radius 3 is 2.22 bits per heavy atom. The third kappa shape index (κ3) is 7.07. The van der Waals surface area contributed by atoms with Gasteiger partial charge < -0.3 is 9.91 Å². The van der Waals surface area contributed by atoms with Gasteiger partial charge in [-0.15, -0.1) is 4.85 Å². The van der Waals surface area contributed by atoms with E-state index in [2.05, 4.69) is 20.0 Å². The second-order valence-corrected chi connectivity index (χ2v) is 7.38. The molecule has 27 heavy (non-hydrogen) atoms. The number of piperidine rings is 1. The molecule has 1 atom stereocenters. The predicted molar refractivity (Wildman–Crippen MR) is 87.1 cm³/mol. The van der Waals surface area contributed by atoms with E-state index in [0.29, 0.717) is 16.0 Å². The van der Waals surface area contributed by atoms with Crippen molar-refractivity contribution in [2.75, 3.05) is 27.2 Å². The van der Waals surface area contributed by atoms with Crippen molar-refractivity contribution >= 4 is 19.3 Å². The fourth-order valence-electron chi connectivity index (χ4n) is 2.90. The zero-order valence-electron chi connectivity index (χ0n) is 14.7. The Kier molecular flexibility index (Phi) is 7.37. The quantitative estimate of drug-likeness (QED) is 0.313. The van der Waals surface area contributed by atoms with Crippen molar-refractivity contribution in [2.24, 2.45) is 0 Å². The van der Waals surface area contributed by atoms with Gasteiger partial charge in [0.1, 0.15) is 0 Å². The zero-order chi connectivity index (χ0) is 19.6. The van der Waals surface area contributed by atoms with Crippen molar-refractivity contribution in [1.29, 1.82) is 0 Å². The Labute approximate surface area is 151 Å². The van der Waals surface area contributed by atoms with Gasteiger partial charge in [0.05, 0.1) is 5.21 Å². The van der Waals surface area contributed by atoms with Gasteiger partial charge in [0.2, 0.25) is 11.8 Å². The molecular formula is C13H20F6N6OP-. The number of hydrogen-bond donors (Lipinski definition) is 0. The number of rotatable bonds is 3. The van der Waals surface area contributed by atoms with E-state index in [1.54, 1.807) is 23.0 Å². The number of hydrogen-bond acceptors (Lipinski definition) is 5. The molecule has 1 saturated heterocycles. The van der Waals surface area contributed by atoms with Crippen LogP contribution in [0.5, 0.6) is 0 Å². The van der Waals surface area contributed by atoms with Crippen LogP contribution in [0.3, 0.4) is 0 Å². The smallest absolute Gasteiger partial charge is 1.00 e. The molecule has 14 heteroatoms. The van der Waals surface area contributed by atoms with Crippen molar-refractivity contribution in [1.82, 2.24) is 24.7 Å². The monoisotopic (exact) mass is 421 g/mol. The molecule has 1 aliphatic heterocycles. The van der Waals surface area contributed by atoms with Crippen LogP contribution in [-0.4, -0.2) is 51.9 Å². The van der Waals surface area contributed by atoms with Crippen LogP contribution in [0.1, 0.15) is 25.6 Å². The van der Waals surface area contributed by atoms with E-state index in [1.807, 2.05) is 14.1 Å². The normalized spacial score (nSPS) is 18.1. The summed E-state index contributed by atoms with van der Waals surface area (Å²) in [7, 11) is -4.54. The second kappa shape index (κ2) is 8.53. The molecule has 2 aromatic rings. The van der Waals surface area contributed by atoms with Crippen LogP contribution < -0.4 is 9.55 Å². The number of fused-ring (bicyclic) bond motifs is 1. The Morgan fingerprint density at radius 1 is 1.15 bits per heavy atom. The minimum atomic E-state index is -8.55. The summed E-state index contributed by atoms with van der Waals surface area (Å²) < 4.78 is 50.9. The molecule has 3 heterocycles. The number of likely N-dealkylation sites (tertiary alicyclic amines) is 1. The fraction of sp³-hybridized carbons (Fsp3) is 0.615. The Hall–Kier alpha value is -1.72. The maximum absolute atomic E-state index is 11.9. The summed E-state index contributed by atoms with van der Waals surface area (Å²) in [5, 5.41) is 16.0. The van der Waals surface area contributed by atoms with Gasteiger partial charge in [-0.1, -0.05) is 11.1 Å². The summed E-state index contributed by atoms with van der Waals surface area (Å²) in [4.78, 5) is 9.41. The molecule has 0 amide bonds. The average Bonchev–Trinajstić information content (AvgIpc) is 2.83. The number of aromatic nitrogens is 4.